The van der Waals surface area contributed by atoms with Crippen molar-refractivity contribution in [2.75, 3.05) is 31.7 Å². The Bertz CT molecular complexity index is 965. The van der Waals surface area contributed by atoms with Gasteiger partial charge in [0.15, 0.2) is 5.75 Å². The van der Waals surface area contributed by atoms with Crippen LogP contribution in [0.1, 0.15) is 46.5 Å². The van der Waals surface area contributed by atoms with Crippen molar-refractivity contribution < 1.29 is 24.1 Å². The zero-order chi connectivity index (χ0) is 22.9. The molecule has 1 aliphatic heterocycles. The Hall–Kier alpha value is -2.54. The van der Waals surface area contributed by atoms with E-state index in [4.69, 9.17) is 14.2 Å². The third-order valence-corrected chi connectivity index (χ3v) is 6.34. The van der Waals surface area contributed by atoms with E-state index in [2.05, 4.69) is 9.88 Å². The summed E-state index contributed by atoms with van der Waals surface area (Å²) < 4.78 is 16.8. The fourth-order valence-electron chi connectivity index (χ4n) is 4.87. The average Bonchev–Trinajstić information content (AvgIpc) is 2.74. The summed E-state index contributed by atoms with van der Waals surface area (Å²) in [5.74, 6) is 1.66. The highest BCUT2D eigenvalue weighted by Gasteiger charge is 2.34. The molecule has 0 bridgehead atoms. The lowest BCUT2D eigenvalue weighted by Crippen LogP contribution is -2.41. The molecule has 1 aromatic carbocycles. The fourth-order valence-corrected chi connectivity index (χ4v) is 4.87. The molecule has 0 saturated heterocycles. The minimum absolute atomic E-state index is 0.0348. The van der Waals surface area contributed by atoms with Crippen LogP contribution in [0.2, 0.25) is 0 Å². The molecule has 1 aromatic heterocycles. The standard InChI is InChI=1S/C25H34N2O5/c1-25(2,3)32-23(29)12-17-6-5-16(11-21(17)28)15-27-9-10-31-22-14-26-20-8-7-18(30-4)13-19(20)24(22)27/h7-8,13-14,16-17,21,28H,5-6,9-12,15H2,1-4H3/t16-,17+,21-/m0/s1. The van der Waals surface area contributed by atoms with Crippen molar-refractivity contribution in [3.05, 3.63) is 24.4 Å². The maximum absolute atomic E-state index is 12.2. The van der Waals surface area contributed by atoms with Crippen LogP contribution in [0.15, 0.2) is 24.4 Å². The van der Waals surface area contributed by atoms with Gasteiger partial charge in [-0.2, -0.15) is 0 Å². The van der Waals surface area contributed by atoms with Crippen molar-refractivity contribution in [3.63, 3.8) is 0 Å². The molecule has 3 atom stereocenters. The second kappa shape index (κ2) is 9.14. The molecule has 7 heteroatoms. The predicted octanol–water partition coefficient (Wildman–Crippen LogP) is 3.95. The molecule has 0 spiro atoms. The summed E-state index contributed by atoms with van der Waals surface area (Å²) in [6, 6.07) is 5.89. The van der Waals surface area contributed by atoms with Gasteiger partial charge in [0.25, 0.3) is 0 Å². The quantitative estimate of drug-likeness (QED) is 0.702. The third kappa shape index (κ3) is 5.09. The number of ether oxygens (including phenoxy) is 3. The predicted molar refractivity (Wildman–Crippen MR) is 123 cm³/mol. The van der Waals surface area contributed by atoms with Gasteiger partial charge in [-0.25, -0.2) is 0 Å². The molecule has 1 N–H and O–H groups in total. The molecule has 174 valence electrons. The molecule has 32 heavy (non-hydrogen) atoms. The Morgan fingerprint density at radius 3 is 2.84 bits per heavy atom. The van der Waals surface area contributed by atoms with Crippen molar-refractivity contribution in [1.82, 2.24) is 4.98 Å². The van der Waals surface area contributed by atoms with E-state index in [-0.39, 0.29) is 18.3 Å². The van der Waals surface area contributed by atoms with Gasteiger partial charge in [-0.15, -0.1) is 0 Å². The second-order valence-corrected chi connectivity index (χ2v) is 9.95. The summed E-state index contributed by atoms with van der Waals surface area (Å²) in [7, 11) is 1.66. The first-order valence-corrected chi connectivity index (χ1v) is 11.5. The number of carbonyl (C=O) groups excluding carboxylic acids is 1. The molecule has 7 nitrogen and oxygen atoms in total. The summed E-state index contributed by atoms with van der Waals surface area (Å²) in [6.45, 7) is 7.84. The number of anilines is 1. The number of fused-ring (bicyclic) bond motifs is 3. The van der Waals surface area contributed by atoms with Crippen LogP contribution in [0.3, 0.4) is 0 Å². The molecule has 1 aliphatic carbocycles. The lowest BCUT2D eigenvalue weighted by atomic mass is 9.78. The molecule has 1 saturated carbocycles. The molecule has 2 heterocycles. The van der Waals surface area contributed by atoms with Crippen molar-refractivity contribution in [3.8, 4) is 11.5 Å². The number of methoxy groups -OCH3 is 1. The summed E-state index contributed by atoms with van der Waals surface area (Å²) in [5, 5.41) is 11.8. The molecule has 0 amide bonds. The lowest BCUT2D eigenvalue weighted by Gasteiger charge is -2.38. The molecular weight excluding hydrogens is 408 g/mol. The van der Waals surface area contributed by atoms with Crippen LogP contribution >= 0.6 is 0 Å². The second-order valence-electron chi connectivity index (χ2n) is 9.95. The third-order valence-electron chi connectivity index (χ3n) is 6.34. The smallest absolute Gasteiger partial charge is 0.306 e. The van der Waals surface area contributed by atoms with E-state index in [0.717, 1.165) is 54.0 Å². The maximum atomic E-state index is 12.2. The number of rotatable bonds is 5. The van der Waals surface area contributed by atoms with Gasteiger partial charge in [0, 0.05) is 11.9 Å². The summed E-state index contributed by atoms with van der Waals surface area (Å²) in [6.07, 6.45) is 4.07. The number of hydrogen-bond acceptors (Lipinski definition) is 7. The van der Waals surface area contributed by atoms with Crippen LogP contribution in [0.5, 0.6) is 11.5 Å². The van der Waals surface area contributed by atoms with E-state index < -0.39 is 11.7 Å². The van der Waals surface area contributed by atoms with Crippen LogP contribution < -0.4 is 14.4 Å². The number of nitrogens with zero attached hydrogens (tertiary/aromatic N) is 2. The number of carbonyl (C=O) groups is 1. The largest absolute Gasteiger partial charge is 0.497 e. The van der Waals surface area contributed by atoms with Crippen LogP contribution in [-0.4, -0.2) is 54.6 Å². The summed E-state index contributed by atoms with van der Waals surface area (Å²) in [4.78, 5) is 19.1. The fraction of sp³-hybridized carbons (Fsp3) is 0.600. The SMILES string of the molecule is COc1ccc2ncc3c(c2c1)N(C[C@H]1CC[C@H](CC(=O)OC(C)(C)C)[C@@H](O)C1)CCO3. The van der Waals surface area contributed by atoms with Gasteiger partial charge < -0.3 is 24.2 Å². The van der Waals surface area contributed by atoms with Crippen molar-refractivity contribution in [1.29, 1.82) is 0 Å². The van der Waals surface area contributed by atoms with Gasteiger partial charge >= 0.3 is 5.97 Å². The van der Waals surface area contributed by atoms with E-state index in [9.17, 15) is 9.90 Å². The highest BCUT2D eigenvalue weighted by molar-refractivity contribution is 5.96. The Labute approximate surface area is 189 Å². The van der Waals surface area contributed by atoms with Gasteiger partial charge in [0.2, 0.25) is 0 Å². The first-order valence-electron chi connectivity index (χ1n) is 11.5. The van der Waals surface area contributed by atoms with Gasteiger partial charge in [-0.3, -0.25) is 9.78 Å². The molecule has 2 aromatic rings. The Kier molecular flexibility index (Phi) is 6.47. The van der Waals surface area contributed by atoms with Crippen LogP contribution in [-0.2, 0) is 9.53 Å². The topological polar surface area (TPSA) is 81.1 Å². The van der Waals surface area contributed by atoms with E-state index in [1.165, 1.54) is 0 Å². The highest BCUT2D eigenvalue weighted by Crippen LogP contribution is 2.41. The molecule has 0 radical (unpaired) electrons. The minimum Gasteiger partial charge on any atom is -0.497 e. The molecule has 2 aliphatic rings. The molecular formula is C25H34N2O5. The van der Waals surface area contributed by atoms with E-state index >= 15 is 0 Å². The maximum Gasteiger partial charge on any atom is 0.306 e. The monoisotopic (exact) mass is 442 g/mol. The number of aliphatic hydroxyl groups excluding tert-OH is 1. The van der Waals surface area contributed by atoms with Gasteiger partial charge in [0.1, 0.15) is 18.0 Å². The van der Waals surface area contributed by atoms with Crippen LogP contribution in [0.25, 0.3) is 10.9 Å². The van der Waals surface area contributed by atoms with Crippen molar-refractivity contribution in [2.45, 2.75) is 58.2 Å². The molecule has 1 fully saturated rings. The first-order chi connectivity index (χ1) is 15.2. The summed E-state index contributed by atoms with van der Waals surface area (Å²) >= 11 is 0. The molecule has 4 rings (SSSR count). The number of hydrogen-bond donors (Lipinski definition) is 1. The first kappa shape index (κ1) is 22.6. The Balaban J connectivity index is 1.45. The van der Waals surface area contributed by atoms with Crippen molar-refractivity contribution in [2.24, 2.45) is 11.8 Å². The lowest BCUT2D eigenvalue weighted by molar-refractivity contribution is -0.157. The van der Waals surface area contributed by atoms with Gasteiger partial charge in [0.05, 0.1) is 43.6 Å². The minimum atomic E-state index is -0.497. The Morgan fingerprint density at radius 1 is 1.31 bits per heavy atom. The zero-order valence-corrected chi connectivity index (χ0v) is 19.5. The average molecular weight is 443 g/mol. The van der Waals surface area contributed by atoms with Gasteiger partial charge in [-0.1, -0.05) is 0 Å². The zero-order valence-electron chi connectivity index (χ0n) is 19.5. The van der Waals surface area contributed by atoms with Crippen LogP contribution in [0.4, 0.5) is 5.69 Å². The number of aliphatic hydroxyl groups is 1. The van der Waals surface area contributed by atoms with Gasteiger partial charge in [-0.05, 0) is 70.1 Å². The number of pyridine rings is 1. The van der Waals surface area contributed by atoms with E-state index in [0.29, 0.717) is 18.9 Å². The normalized spacial score (nSPS) is 23.4. The van der Waals surface area contributed by atoms with E-state index in [1.807, 2.05) is 39.0 Å². The number of benzene rings is 1. The summed E-state index contributed by atoms with van der Waals surface area (Å²) in [5.41, 5.74) is 1.45. The number of esters is 1. The highest BCUT2D eigenvalue weighted by atomic mass is 16.6. The Morgan fingerprint density at radius 2 is 2.12 bits per heavy atom. The van der Waals surface area contributed by atoms with E-state index in [1.54, 1.807) is 13.3 Å². The van der Waals surface area contributed by atoms with Crippen molar-refractivity contribution >= 4 is 22.6 Å². The number of aromatic nitrogens is 1. The molecule has 0 unspecified atom stereocenters. The van der Waals surface area contributed by atoms with Crippen LogP contribution in [0, 0.1) is 11.8 Å².